The lowest BCUT2D eigenvalue weighted by Gasteiger charge is -2.19. The molecule has 0 atom stereocenters. The van der Waals surface area contributed by atoms with E-state index in [0.717, 1.165) is 22.4 Å². The van der Waals surface area contributed by atoms with Gasteiger partial charge in [0.05, 0.1) is 13.2 Å². The Morgan fingerprint density at radius 2 is 2.35 bits per heavy atom. The van der Waals surface area contributed by atoms with Crippen LogP contribution in [0.5, 0.6) is 0 Å². The highest BCUT2D eigenvalue weighted by Gasteiger charge is 2.09. The molecule has 2 aromatic heterocycles. The molecule has 0 aromatic carbocycles. The first-order valence-corrected chi connectivity index (χ1v) is 6.87. The average Bonchev–Trinajstić information content (AvgIpc) is 2.74. The summed E-state index contributed by atoms with van der Waals surface area (Å²) in [5, 5.41) is 11.3. The van der Waals surface area contributed by atoms with Crippen molar-refractivity contribution in [2.75, 3.05) is 11.9 Å². The number of rotatable bonds is 4. The van der Waals surface area contributed by atoms with Gasteiger partial charge in [0.2, 0.25) is 0 Å². The Morgan fingerprint density at radius 1 is 1.53 bits per heavy atom. The molecule has 2 rings (SSSR count). The number of pyridine rings is 1. The van der Waals surface area contributed by atoms with E-state index in [4.69, 9.17) is 0 Å². The van der Waals surface area contributed by atoms with Gasteiger partial charge in [-0.3, -0.25) is 0 Å². The summed E-state index contributed by atoms with van der Waals surface area (Å²) in [5.74, 6) is 0.833. The lowest BCUT2D eigenvalue weighted by Crippen LogP contribution is -2.18. The molecule has 0 saturated carbocycles. The fourth-order valence-corrected chi connectivity index (χ4v) is 3.15. The van der Waals surface area contributed by atoms with Crippen LogP contribution in [0, 0.1) is 0 Å². The number of hydrogen-bond acceptors (Lipinski definition) is 4. The fraction of sp³-hybridized carbons (Fsp3) is 0.250. The van der Waals surface area contributed by atoms with E-state index in [0.29, 0.717) is 0 Å². The van der Waals surface area contributed by atoms with E-state index in [9.17, 15) is 5.11 Å². The van der Waals surface area contributed by atoms with E-state index in [-0.39, 0.29) is 6.61 Å². The van der Waals surface area contributed by atoms with Crippen molar-refractivity contribution in [3.8, 4) is 0 Å². The predicted molar refractivity (Wildman–Crippen MR) is 74.3 cm³/mol. The van der Waals surface area contributed by atoms with Crippen LogP contribution in [0.3, 0.4) is 0 Å². The standard InChI is InChI=1S/C12H13BrN2OS/c1-15(6-11-5-10(13)8-17-11)12-9(7-16)3-2-4-14-12/h2-5,8,16H,6-7H2,1H3. The van der Waals surface area contributed by atoms with Gasteiger partial charge in [0, 0.05) is 33.5 Å². The zero-order valence-corrected chi connectivity index (χ0v) is 11.8. The van der Waals surface area contributed by atoms with Gasteiger partial charge in [-0.15, -0.1) is 11.3 Å². The molecule has 1 N–H and O–H groups in total. The molecule has 0 aliphatic rings. The topological polar surface area (TPSA) is 36.4 Å². The molecule has 2 aromatic rings. The van der Waals surface area contributed by atoms with Crippen LogP contribution in [0.2, 0.25) is 0 Å². The fourth-order valence-electron chi connectivity index (χ4n) is 1.64. The van der Waals surface area contributed by atoms with E-state index in [1.165, 1.54) is 4.88 Å². The lowest BCUT2D eigenvalue weighted by atomic mass is 10.2. The quantitative estimate of drug-likeness (QED) is 0.942. The third-order valence-corrected chi connectivity index (χ3v) is 4.10. The highest BCUT2D eigenvalue weighted by molar-refractivity contribution is 9.10. The van der Waals surface area contributed by atoms with E-state index >= 15 is 0 Å². The minimum Gasteiger partial charge on any atom is -0.392 e. The molecule has 90 valence electrons. The molecule has 2 heterocycles. The summed E-state index contributed by atoms with van der Waals surface area (Å²) in [6.45, 7) is 0.807. The van der Waals surface area contributed by atoms with Crippen molar-refractivity contribution >= 4 is 33.1 Å². The second kappa shape index (κ2) is 5.62. The number of nitrogens with zero attached hydrogens (tertiary/aromatic N) is 2. The first-order valence-electron chi connectivity index (χ1n) is 5.19. The van der Waals surface area contributed by atoms with Crippen LogP contribution in [0.25, 0.3) is 0 Å². The maximum absolute atomic E-state index is 9.27. The summed E-state index contributed by atoms with van der Waals surface area (Å²) < 4.78 is 1.11. The van der Waals surface area contributed by atoms with Crippen LogP contribution in [0.1, 0.15) is 10.4 Å². The highest BCUT2D eigenvalue weighted by atomic mass is 79.9. The van der Waals surface area contributed by atoms with Gasteiger partial charge in [-0.25, -0.2) is 4.98 Å². The van der Waals surface area contributed by atoms with Gasteiger partial charge < -0.3 is 10.0 Å². The molecular formula is C12H13BrN2OS. The molecule has 0 bridgehead atoms. The van der Waals surface area contributed by atoms with Crippen LogP contribution < -0.4 is 4.90 Å². The van der Waals surface area contributed by atoms with Gasteiger partial charge >= 0.3 is 0 Å². The summed E-state index contributed by atoms with van der Waals surface area (Å²) in [4.78, 5) is 7.61. The maximum Gasteiger partial charge on any atom is 0.134 e. The molecule has 0 radical (unpaired) electrons. The molecule has 0 saturated heterocycles. The number of anilines is 1. The number of thiophene rings is 1. The van der Waals surface area contributed by atoms with Crippen LogP contribution in [-0.2, 0) is 13.2 Å². The summed E-state index contributed by atoms with van der Waals surface area (Å²) >= 11 is 5.15. The Morgan fingerprint density at radius 3 is 3.00 bits per heavy atom. The van der Waals surface area contributed by atoms with E-state index in [1.807, 2.05) is 24.1 Å². The molecule has 0 unspecified atom stereocenters. The summed E-state index contributed by atoms with van der Waals surface area (Å²) in [5.41, 5.74) is 0.852. The SMILES string of the molecule is CN(Cc1cc(Br)cs1)c1ncccc1CO. The van der Waals surface area contributed by atoms with E-state index in [1.54, 1.807) is 17.5 Å². The highest BCUT2D eigenvalue weighted by Crippen LogP contribution is 2.23. The molecule has 17 heavy (non-hydrogen) atoms. The third kappa shape index (κ3) is 3.06. The number of aliphatic hydroxyl groups is 1. The second-order valence-corrected chi connectivity index (χ2v) is 5.64. The van der Waals surface area contributed by atoms with Crippen molar-refractivity contribution in [3.63, 3.8) is 0 Å². The van der Waals surface area contributed by atoms with E-state index in [2.05, 4.69) is 32.4 Å². The molecule has 0 amide bonds. The van der Waals surface area contributed by atoms with Crippen molar-refractivity contribution in [2.24, 2.45) is 0 Å². The maximum atomic E-state index is 9.27. The van der Waals surface area contributed by atoms with Gasteiger partial charge in [0.25, 0.3) is 0 Å². The van der Waals surface area contributed by atoms with E-state index < -0.39 is 0 Å². The number of hydrogen-bond donors (Lipinski definition) is 1. The zero-order chi connectivity index (χ0) is 12.3. The van der Waals surface area contributed by atoms with Crippen LogP contribution >= 0.6 is 27.3 Å². The van der Waals surface area contributed by atoms with Gasteiger partial charge in [0.15, 0.2) is 0 Å². The van der Waals surface area contributed by atoms with Crippen molar-refractivity contribution in [3.05, 3.63) is 44.7 Å². The minimum absolute atomic E-state index is 0.0155. The Hall–Kier alpha value is -0.910. The molecule has 0 aliphatic heterocycles. The number of aromatic nitrogens is 1. The van der Waals surface area contributed by atoms with Crippen molar-refractivity contribution in [1.82, 2.24) is 4.98 Å². The first-order chi connectivity index (χ1) is 8.20. The number of halogens is 1. The molecule has 0 spiro atoms. The molecular weight excluding hydrogens is 300 g/mol. The molecule has 0 fully saturated rings. The Labute approximate surface area is 113 Å². The second-order valence-electron chi connectivity index (χ2n) is 3.73. The molecule has 5 heteroatoms. The Kier molecular flexibility index (Phi) is 4.15. The van der Waals surface area contributed by atoms with Crippen molar-refractivity contribution in [1.29, 1.82) is 0 Å². The average molecular weight is 313 g/mol. The van der Waals surface area contributed by atoms with Gasteiger partial charge in [-0.2, -0.15) is 0 Å². The minimum atomic E-state index is 0.0155. The smallest absolute Gasteiger partial charge is 0.134 e. The predicted octanol–water partition coefficient (Wildman–Crippen LogP) is 3.03. The lowest BCUT2D eigenvalue weighted by molar-refractivity contribution is 0.281. The van der Waals surface area contributed by atoms with Crippen LogP contribution in [-0.4, -0.2) is 17.1 Å². The van der Waals surface area contributed by atoms with Gasteiger partial charge in [0.1, 0.15) is 5.82 Å². The first kappa shape index (κ1) is 12.5. The van der Waals surface area contributed by atoms with Crippen LogP contribution in [0.15, 0.2) is 34.2 Å². The number of aliphatic hydroxyl groups excluding tert-OH is 1. The molecule has 0 aliphatic carbocycles. The van der Waals surface area contributed by atoms with Crippen molar-refractivity contribution < 1.29 is 5.11 Å². The molecule has 3 nitrogen and oxygen atoms in total. The third-order valence-electron chi connectivity index (χ3n) is 2.41. The monoisotopic (exact) mass is 312 g/mol. The normalized spacial score (nSPS) is 10.5. The summed E-state index contributed by atoms with van der Waals surface area (Å²) in [7, 11) is 1.98. The Balaban J connectivity index is 2.16. The van der Waals surface area contributed by atoms with Gasteiger partial charge in [-0.05, 0) is 28.1 Å². The van der Waals surface area contributed by atoms with Crippen LogP contribution in [0.4, 0.5) is 5.82 Å². The zero-order valence-electron chi connectivity index (χ0n) is 9.43. The van der Waals surface area contributed by atoms with Crippen molar-refractivity contribution in [2.45, 2.75) is 13.2 Å². The summed E-state index contributed by atoms with van der Waals surface area (Å²) in [6, 6.07) is 5.83. The Bertz CT molecular complexity index is 501. The van der Waals surface area contributed by atoms with Gasteiger partial charge in [-0.1, -0.05) is 6.07 Å². The largest absolute Gasteiger partial charge is 0.392 e. The summed E-state index contributed by atoms with van der Waals surface area (Å²) in [6.07, 6.45) is 1.75.